The largest absolute Gasteiger partial charge is 0.350 e. The summed E-state index contributed by atoms with van der Waals surface area (Å²) in [6.45, 7) is 3.85. The SMILES string of the molecule is CC(C)S(=O)(=O)Nc1ccc(CNc2ncccn2)cc1. The molecule has 2 aromatic rings. The third kappa shape index (κ3) is 4.42. The zero-order valence-corrected chi connectivity index (χ0v) is 12.8. The molecular weight excluding hydrogens is 288 g/mol. The van der Waals surface area contributed by atoms with Crippen molar-refractivity contribution in [1.29, 1.82) is 0 Å². The lowest BCUT2D eigenvalue weighted by Crippen LogP contribution is -2.22. The van der Waals surface area contributed by atoms with Crippen molar-refractivity contribution >= 4 is 21.7 Å². The summed E-state index contributed by atoms with van der Waals surface area (Å²) >= 11 is 0. The second-order valence-corrected chi connectivity index (χ2v) is 7.06. The Kier molecular flexibility index (Phi) is 4.74. The van der Waals surface area contributed by atoms with Crippen LogP contribution < -0.4 is 10.0 Å². The minimum atomic E-state index is -3.30. The van der Waals surface area contributed by atoms with E-state index in [0.717, 1.165) is 5.56 Å². The lowest BCUT2D eigenvalue weighted by atomic mass is 10.2. The number of sulfonamides is 1. The van der Waals surface area contributed by atoms with Gasteiger partial charge in [-0.3, -0.25) is 4.72 Å². The number of hydrogen-bond donors (Lipinski definition) is 2. The summed E-state index contributed by atoms with van der Waals surface area (Å²) < 4.78 is 26.1. The number of nitrogens with one attached hydrogen (secondary N) is 2. The number of hydrogen-bond acceptors (Lipinski definition) is 5. The molecule has 0 fully saturated rings. The molecule has 0 unspecified atom stereocenters. The van der Waals surface area contributed by atoms with E-state index in [1.807, 2.05) is 12.1 Å². The first kappa shape index (κ1) is 15.2. The number of aromatic nitrogens is 2. The van der Waals surface area contributed by atoms with Gasteiger partial charge in [0.05, 0.1) is 5.25 Å². The predicted molar refractivity (Wildman–Crippen MR) is 83.5 cm³/mol. The van der Waals surface area contributed by atoms with Crippen LogP contribution in [0.4, 0.5) is 11.6 Å². The van der Waals surface area contributed by atoms with Crippen LogP contribution in [-0.4, -0.2) is 23.6 Å². The van der Waals surface area contributed by atoms with Crippen molar-refractivity contribution in [1.82, 2.24) is 9.97 Å². The van der Waals surface area contributed by atoms with Crippen LogP contribution in [0.25, 0.3) is 0 Å². The average molecular weight is 306 g/mol. The molecule has 0 amide bonds. The summed E-state index contributed by atoms with van der Waals surface area (Å²) in [7, 11) is -3.30. The van der Waals surface area contributed by atoms with Crippen LogP contribution >= 0.6 is 0 Å². The van der Waals surface area contributed by atoms with E-state index >= 15 is 0 Å². The van der Waals surface area contributed by atoms with Gasteiger partial charge in [0.1, 0.15) is 0 Å². The number of benzene rings is 1. The molecule has 0 aliphatic heterocycles. The quantitative estimate of drug-likeness (QED) is 0.855. The van der Waals surface area contributed by atoms with Crippen molar-refractivity contribution in [2.45, 2.75) is 25.6 Å². The predicted octanol–water partition coefficient (Wildman–Crippen LogP) is 2.24. The Morgan fingerprint density at radius 3 is 2.29 bits per heavy atom. The smallest absolute Gasteiger partial charge is 0.235 e. The van der Waals surface area contributed by atoms with Crippen LogP contribution in [0, 0.1) is 0 Å². The van der Waals surface area contributed by atoms with Crippen molar-refractivity contribution in [3.8, 4) is 0 Å². The van der Waals surface area contributed by atoms with Gasteiger partial charge in [0.2, 0.25) is 16.0 Å². The molecule has 0 atom stereocenters. The van der Waals surface area contributed by atoms with E-state index in [0.29, 0.717) is 18.2 Å². The molecule has 0 bridgehead atoms. The van der Waals surface area contributed by atoms with Gasteiger partial charge < -0.3 is 5.32 Å². The fourth-order valence-electron chi connectivity index (χ4n) is 1.54. The highest BCUT2D eigenvalue weighted by Crippen LogP contribution is 2.14. The van der Waals surface area contributed by atoms with E-state index in [1.165, 1.54) is 0 Å². The van der Waals surface area contributed by atoms with Crippen LogP contribution in [0.3, 0.4) is 0 Å². The van der Waals surface area contributed by atoms with Crippen LogP contribution in [-0.2, 0) is 16.6 Å². The number of anilines is 2. The number of nitrogens with zero attached hydrogens (tertiary/aromatic N) is 2. The van der Waals surface area contributed by atoms with Gasteiger partial charge in [0, 0.05) is 24.6 Å². The van der Waals surface area contributed by atoms with Gasteiger partial charge in [-0.2, -0.15) is 0 Å². The lowest BCUT2D eigenvalue weighted by molar-refractivity contribution is 0.593. The van der Waals surface area contributed by atoms with E-state index in [4.69, 9.17) is 0 Å². The van der Waals surface area contributed by atoms with Crippen molar-refractivity contribution < 1.29 is 8.42 Å². The Morgan fingerprint density at radius 1 is 1.10 bits per heavy atom. The molecule has 112 valence electrons. The molecule has 6 nitrogen and oxygen atoms in total. The molecule has 2 rings (SSSR count). The van der Waals surface area contributed by atoms with Gasteiger partial charge in [0.25, 0.3) is 0 Å². The van der Waals surface area contributed by atoms with Gasteiger partial charge in [-0.05, 0) is 37.6 Å². The van der Waals surface area contributed by atoms with E-state index in [1.54, 1.807) is 44.4 Å². The monoisotopic (exact) mass is 306 g/mol. The zero-order chi connectivity index (χ0) is 15.3. The minimum absolute atomic E-state index is 0.464. The van der Waals surface area contributed by atoms with Crippen LogP contribution in [0.1, 0.15) is 19.4 Å². The maximum Gasteiger partial charge on any atom is 0.235 e. The fourth-order valence-corrected chi connectivity index (χ4v) is 2.24. The maximum atomic E-state index is 11.8. The Morgan fingerprint density at radius 2 is 1.71 bits per heavy atom. The zero-order valence-electron chi connectivity index (χ0n) is 11.9. The lowest BCUT2D eigenvalue weighted by Gasteiger charge is -2.11. The van der Waals surface area contributed by atoms with Gasteiger partial charge in [-0.25, -0.2) is 18.4 Å². The Labute approximate surface area is 124 Å². The molecule has 0 aliphatic carbocycles. The second-order valence-electron chi connectivity index (χ2n) is 4.82. The molecule has 1 aromatic carbocycles. The molecule has 0 radical (unpaired) electrons. The van der Waals surface area contributed by atoms with Crippen molar-refractivity contribution in [2.75, 3.05) is 10.0 Å². The molecule has 2 N–H and O–H groups in total. The minimum Gasteiger partial charge on any atom is -0.350 e. The van der Waals surface area contributed by atoms with Crippen LogP contribution in [0.5, 0.6) is 0 Å². The Balaban J connectivity index is 1.96. The highest BCUT2D eigenvalue weighted by atomic mass is 32.2. The molecule has 0 aliphatic rings. The third-order valence-corrected chi connectivity index (χ3v) is 4.61. The Hall–Kier alpha value is -2.15. The highest BCUT2D eigenvalue weighted by Gasteiger charge is 2.15. The van der Waals surface area contributed by atoms with Crippen molar-refractivity contribution in [3.05, 3.63) is 48.3 Å². The first-order valence-corrected chi connectivity index (χ1v) is 8.13. The van der Waals surface area contributed by atoms with Gasteiger partial charge in [-0.1, -0.05) is 12.1 Å². The van der Waals surface area contributed by atoms with Gasteiger partial charge in [-0.15, -0.1) is 0 Å². The molecule has 1 heterocycles. The molecule has 7 heteroatoms. The molecule has 0 spiro atoms. The molecule has 0 saturated carbocycles. The fraction of sp³-hybridized carbons (Fsp3) is 0.286. The van der Waals surface area contributed by atoms with E-state index < -0.39 is 15.3 Å². The highest BCUT2D eigenvalue weighted by molar-refractivity contribution is 7.93. The van der Waals surface area contributed by atoms with E-state index in [-0.39, 0.29) is 0 Å². The molecule has 21 heavy (non-hydrogen) atoms. The van der Waals surface area contributed by atoms with Gasteiger partial charge in [0.15, 0.2) is 0 Å². The van der Waals surface area contributed by atoms with E-state index in [2.05, 4.69) is 20.0 Å². The van der Waals surface area contributed by atoms with E-state index in [9.17, 15) is 8.42 Å². The van der Waals surface area contributed by atoms with Crippen LogP contribution in [0.2, 0.25) is 0 Å². The summed E-state index contributed by atoms with van der Waals surface area (Å²) in [5, 5.41) is 2.62. The van der Waals surface area contributed by atoms with Gasteiger partial charge >= 0.3 is 0 Å². The normalized spacial score (nSPS) is 11.4. The summed E-state index contributed by atoms with van der Waals surface area (Å²) in [4.78, 5) is 8.13. The number of rotatable bonds is 6. The topological polar surface area (TPSA) is 84.0 Å². The maximum absolute atomic E-state index is 11.8. The molecular formula is C14H18N4O2S. The standard InChI is InChI=1S/C14H18N4O2S/c1-11(2)21(19,20)18-13-6-4-12(5-7-13)10-17-14-15-8-3-9-16-14/h3-9,11,18H,10H2,1-2H3,(H,15,16,17). The summed E-state index contributed by atoms with van der Waals surface area (Å²) in [6, 6.07) is 8.94. The van der Waals surface area contributed by atoms with Crippen molar-refractivity contribution in [2.24, 2.45) is 0 Å². The average Bonchev–Trinajstić information content (AvgIpc) is 2.47. The Bertz CT molecular complexity index is 670. The molecule has 1 aromatic heterocycles. The second kappa shape index (κ2) is 6.53. The first-order valence-electron chi connectivity index (χ1n) is 6.59. The summed E-state index contributed by atoms with van der Waals surface area (Å²) in [5.41, 5.74) is 1.57. The molecule has 0 saturated heterocycles. The summed E-state index contributed by atoms with van der Waals surface area (Å²) in [6.07, 6.45) is 3.33. The first-order chi connectivity index (χ1) is 9.97. The van der Waals surface area contributed by atoms with Crippen LogP contribution in [0.15, 0.2) is 42.7 Å². The third-order valence-electron chi connectivity index (χ3n) is 2.85. The van der Waals surface area contributed by atoms with Crippen molar-refractivity contribution in [3.63, 3.8) is 0 Å². The summed E-state index contributed by atoms with van der Waals surface area (Å²) in [5.74, 6) is 0.557.